The molecule has 0 radical (unpaired) electrons. The van der Waals surface area contributed by atoms with Gasteiger partial charge in [0.1, 0.15) is 0 Å². The van der Waals surface area contributed by atoms with Gasteiger partial charge in [-0.1, -0.05) is 24.8 Å². The van der Waals surface area contributed by atoms with Crippen molar-refractivity contribution in [2.45, 2.75) is 31.5 Å². The molecule has 0 spiro atoms. The highest BCUT2D eigenvalue weighted by Crippen LogP contribution is 2.39. The molecule has 0 aromatic heterocycles. The van der Waals surface area contributed by atoms with Gasteiger partial charge in [0.15, 0.2) is 0 Å². The van der Waals surface area contributed by atoms with E-state index in [2.05, 4.69) is 6.58 Å². The molecular formula is C15H16F3NO. The smallest absolute Gasteiger partial charge is 0.332 e. The minimum Gasteiger partial charge on any atom is -0.332 e. The van der Waals surface area contributed by atoms with Crippen LogP contribution in [0.5, 0.6) is 0 Å². The fourth-order valence-electron chi connectivity index (χ4n) is 2.68. The molecule has 1 aromatic rings. The van der Waals surface area contributed by atoms with Gasteiger partial charge in [0.05, 0.1) is 11.6 Å². The van der Waals surface area contributed by atoms with Gasteiger partial charge in [0.2, 0.25) is 5.91 Å². The maximum Gasteiger partial charge on any atom is 0.416 e. The highest BCUT2D eigenvalue weighted by Gasteiger charge is 2.37. The number of alkyl halides is 3. The minimum atomic E-state index is -4.41. The van der Waals surface area contributed by atoms with Crippen molar-refractivity contribution < 1.29 is 18.0 Å². The summed E-state index contributed by atoms with van der Waals surface area (Å²) in [6, 6.07) is 4.96. The first-order chi connectivity index (χ1) is 9.45. The molecule has 1 saturated heterocycles. The lowest BCUT2D eigenvalue weighted by Gasteiger charge is -2.36. The number of rotatable bonds is 2. The normalized spacial score (nSPS) is 19.8. The van der Waals surface area contributed by atoms with Gasteiger partial charge in [0.25, 0.3) is 0 Å². The fraction of sp³-hybridized carbons (Fsp3) is 0.400. The van der Waals surface area contributed by atoms with E-state index in [1.165, 1.54) is 17.0 Å². The van der Waals surface area contributed by atoms with Crippen LogP contribution >= 0.6 is 0 Å². The summed E-state index contributed by atoms with van der Waals surface area (Å²) in [6.45, 7) is 3.90. The zero-order valence-electron chi connectivity index (χ0n) is 11.0. The first kappa shape index (κ1) is 14.6. The Morgan fingerprint density at radius 2 is 2.00 bits per heavy atom. The third-order valence-corrected chi connectivity index (χ3v) is 3.59. The Balaban J connectivity index is 2.43. The number of benzene rings is 1. The van der Waals surface area contributed by atoms with Gasteiger partial charge in [-0.15, -0.1) is 0 Å². The second kappa shape index (κ2) is 5.69. The molecule has 0 N–H and O–H groups in total. The lowest BCUT2D eigenvalue weighted by molar-refractivity contribution is -0.140. The lowest BCUT2D eigenvalue weighted by atomic mass is 9.91. The Labute approximate surface area is 115 Å². The molecule has 1 amide bonds. The molecule has 0 bridgehead atoms. The Bertz CT molecular complexity index is 510. The molecule has 5 heteroatoms. The zero-order chi connectivity index (χ0) is 14.8. The van der Waals surface area contributed by atoms with Crippen molar-refractivity contribution in [1.29, 1.82) is 0 Å². The van der Waals surface area contributed by atoms with Crippen LogP contribution in [-0.2, 0) is 11.0 Å². The standard InChI is InChI=1S/C15H16F3NO/c1-2-14(20)19-10-6-5-9-13(19)11-7-3-4-8-12(11)15(16,17)18/h2-4,7-8,13H,1,5-6,9-10H2. The van der Waals surface area contributed by atoms with E-state index in [4.69, 9.17) is 0 Å². The van der Waals surface area contributed by atoms with Crippen LogP contribution in [0.4, 0.5) is 13.2 Å². The zero-order valence-corrected chi connectivity index (χ0v) is 11.0. The van der Waals surface area contributed by atoms with Crippen LogP contribution in [0.3, 0.4) is 0 Å². The van der Waals surface area contributed by atoms with Crippen LogP contribution in [-0.4, -0.2) is 17.4 Å². The van der Waals surface area contributed by atoms with E-state index < -0.39 is 17.8 Å². The van der Waals surface area contributed by atoms with Gasteiger partial charge in [-0.05, 0) is 37.0 Å². The van der Waals surface area contributed by atoms with Crippen molar-refractivity contribution >= 4 is 5.91 Å². The van der Waals surface area contributed by atoms with E-state index >= 15 is 0 Å². The molecule has 1 fully saturated rings. The third kappa shape index (κ3) is 2.86. The number of likely N-dealkylation sites (tertiary alicyclic amines) is 1. The van der Waals surface area contributed by atoms with E-state index in [-0.39, 0.29) is 11.5 Å². The molecule has 1 aliphatic heterocycles. The number of halogens is 3. The van der Waals surface area contributed by atoms with E-state index in [1.54, 1.807) is 6.07 Å². The molecule has 20 heavy (non-hydrogen) atoms. The number of nitrogens with zero attached hydrogens (tertiary/aromatic N) is 1. The number of piperidine rings is 1. The highest BCUT2D eigenvalue weighted by atomic mass is 19.4. The number of carbonyl (C=O) groups excluding carboxylic acids is 1. The summed E-state index contributed by atoms with van der Waals surface area (Å²) in [5.74, 6) is -0.313. The Kier molecular flexibility index (Phi) is 4.16. The Hall–Kier alpha value is -1.78. The third-order valence-electron chi connectivity index (χ3n) is 3.59. The maximum absolute atomic E-state index is 13.1. The van der Waals surface area contributed by atoms with Crippen LogP contribution < -0.4 is 0 Å². The van der Waals surface area contributed by atoms with Gasteiger partial charge < -0.3 is 4.90 Å². The van der Waals surface area contributed by atoms with Crippen molar-refractivity contribution in [3.05, 3.63) is 48.0 Å². The molecule has 2 rings (SSSR count). The van der Waals surface area contributed by atoms with Crippen LogP contribution in [0.1, 0.15) is 36.4 Å². The van der Waals surface area contributed by atoms with Gasteiger partial charge in [-0.25, -0.2) is 0 Å². The SMILES string of the molecule is C=CC(=O)N1CCCCC1c1ccccc1C(F)(F)F. The first-order valence-corrected chi connectivity index (χ1v) is 6.54. The number of hydrogen-bond donors (Lipinski definition) is 0. The van der Waals surface area contributed by atoms with Crippen LogP contribution in [0.15, 0.2) is 36.9 Å². The number of carbonyl (C=O) groups is 1. The summed E-state index contributed by atoms with van der Waals surface area (Å²) in [5, 5.41) is 0. The van der Waals surface area contributed by atoms with Crippen molar-refractivity contribution in [1.82, 2.24) is 4.90 Å². The van der Waals surface area contributed by atoms with Gasteiger partial charge in [-0.2, -0.15) is 13.2 Å². The molecule has 108 valence electrons. The van der Waals surface area contributed by atoms with Gasteiger partial charge in [0, 0.05) is 6.54 Å². The van der Waals surface area contributed by atoms with Crippen LogP contribution in [0, 0.1) is 0 Å². The van der Waals surface area contributed by atoms with Crippen molar-refractivity contribution in [2.24, 2.45) is 0 Å². The molecule has 2 nitrogen and oxygen atoms in total. The highest BCUT2D eigenvalue weighted by molar-refractivity contribution is 5.87. The number of hydrogen-bond acceptors (Lipinski definition) is 1. The van der Waals surface area contributed by atoms with Crippen molar-refractivity contribution in [3.63, 3.8) is 0 Å². The molecule has 0 saturated carbocycles. The topological polar surface area (TPSA) is 20.3 Å². The Morgan fingerprint density at radius 1 is 1.30 bits per heavy atom. The minimum absolute atomic E-state index is 0.176. The molecular weight excluding hydrogens is 267 g/mol. The quantitative estimate of drug-likeness (QED) is 0.753. The second-order valence-corrected chi connectivity index (χ2v) is 4.83. The van der Waals surface area contributed by atoms with Crippen LogP contribution in [0.2, 0.25) is 0 Å². The summed E-state index contributed by atoms with van der Waals surface area (Å²) in [6.07, 6.45) is -1.07. The second-order valence-electron chi connectivity index (χ2n) is 4.83. The molecule has 1 heterocycles. The van der Waals surface area contributed by atoms with Gasteiger partial charge in [-0.3, -0.25) is 4.79 Å². The molecule has 1 unspecified atom stereocenters. The molecule has 1 aromatic carbocycles. The largest absolute Gasteiger partial charge is 0.416 e. The van der Waals surface area contributed by atoms with E-state index in [0.717, 1.165) is 25.0 Å². The average molecular weight is 283 g/mol. The first-order valence-electron chi connectivity index (χ1n) is 6.54. The average Bonchev–Trinajstić information content (AvgIpc) is 2.45. The summed E-state index contributed by atoms with van der Waals surface area (Å²) in [7, 11) is 0. The molecule has 1 atom stereocenters. The maximum atomic E-state index is 13.1. The van der Waals surface area contributed by atoms with Crippen molar-refractivity contribution in [2.75, 3.05) is 6.54 Å². The van der Waals surface area contributed by atoms with E-state index in [9.17, 15) is 18.0 Å². The monoisotopic (exact) mass is 283 g/mol. The summed E-state index contributed by atoms with van der Waals surface area (Å²) in [5.41, 5.74) is -0.483. The van der Waals surface area contributed by atoms with E-state index in [1.807, 2.05) is 0 Å². The summed E-state index contributed by atoms with van der Waals surface area (Å²) in [4.78, 5) is 13.3. The van der Waals surface area contributed by atoms with Gasteiger partial charge >= 0.3 is 6.18 Å². The predicted octanol–water partition coefficient (Wildman–Crippen LogP) is 3.95. The fourth-order valence-corrected chi connectivity index (χ4v) is 2.68. The van der Waals surface area contributed by atoms with E-state index in [0.29, 0.717) is 13.0 Å². The lowest BCUT2D eigenvalue weighted by Crippen LogP contribution is -2.38. The predicted molar refractivity (Wildman–Crippen MR) is 69.9 cm³/mol. The summed E-state index contributed by atoms with van der Waals surface area (Å²) >= 11 is 0. The van der Waals surface area contributed by atoms with Crippen LogP contribution in [0.25, 0.3) is 0 Å². The molecule has 0 aliphatic carbocycles. The number of amides is 1. The molecule has 1 aliphatic rings. The summed E-state index contributed by atoms with van der Waals surface area (Å²) < 4.78 is 39.3. The Morgan fingerprint density at radius 3 is 2.65 bits per heavy atom. The van der Waals surface area contributed by atoms with Crippen molar-refractivity contribution in [3.8, 4) is 0 Å².